The van der Waals surface area contributed by atoms with Crippen LogP contribution in [-0.2, 0) is 0 Å². The van der Waals surface area contributed by atoms with Crippen molar-refractivity contribution in [3.05, 3.63) is 223 Å². The first-order valence-corrected chi connectivity index (χ1v) is 22.2. The summed E-state index contributed by atoms with van der Waals surface area (Å²) in [6.07, 6.45) is 0. The molecule has 12 aromatic rings. The lowest BCUT2D eigenvalue weighted by Gasteiger charge is -2.19. The highest BCUT2D eigenvalue weighted by Gasteiger charge is 2.24. The Morgan fingerprint density at radius 2 is 0.742 bits per heavy atom. The fourth-order valence-corrected chi connectivity index (χ4v) is 9.46. The van der Waals surface area contributed by atoms with E-state index >= 15 is 0 Å². The fourth-order valence-electron chi connectivity index (χ4n) is 9.46. The summed E-state index contributed by atoms with van der Waals surface area (Å²) in [7, 11) is 0. The van der Waals surface area contributed by atoms with Crippen molar-refractivity contribution in [2.45, 2.75) is 13.8 Å². The number of hydrogen-bond donors (Lipinski definition) is 0. The Labute approximate surface area is 382 Å². The van der Waals surface area contributed by atoms with Crippen LogP contribution < -0.4 is 0 Å². The van der Waals surface area contributed by atoms with E-state index < -0.39 is 0 Å². The largest absolute Gasteiger partial charge is 0.307 e. The molecule has 310 valence electrons. The normalized spacial score (nSPS) is 11.5. The van der Waals surface area contributed by atoms with Gasteiger partial charge in [0.05, 0.1) is 45.1 Å². The molecule has 6 nitrogen and oxygen atoms in total. The van der Waals surface area contributed by atoms with Crippen LogP contribution in [0.25, 0.3) is 111 Å². The van der Waals surface area contributed by atoms with Gasteiger partial charge in [-0.25, -0.2) is 15.0 Å². The Morgan fingerprint density at radius 1 is 0.348 bits per heavy atom. The van der Waals surface area contributed by atoms with E-state index in [1.165, 1.54) is 11.1 Å². The van der Waals surface area contributed by atoms with E-state index in [9.17, 15) is 5.26 Å². The fraction of sp³-hybridized carbons (Fsp3) is 0.0333. The van der Waals surface area contributed by atoms with Gasteiger partial charge in [0.2, 0.25) is 0 Å². The van der Waals surface area contributed by atoms with Gasteiger partial charge in [0.1, 0.15) is 0 Å². The van der Waals surface area contributed by atoms with Crippen LogP contribution in [0.5, 0.6) is 0 Å². The SMILES string of the molecule is Cc1ccc(-c2ccc3c(c2)c2ccccc2n3-c2cc(C#N)c(-c3nc(-c4ccccc4)nc(-c4ccccc4)n3)cc2-n2c3ccccc3c3cc(-c4ccc(C)cc4)ccc32)cc1. The van der Waals surface area contributed by atoms with Crippen LogP contribution in [0, 0.1) is 25.2 Å². The first kappa shape index (κ1) is 38.7. The Balaban J connectivity index is 1.18. The third kappa shape index (κ3) is 6.53. The van der Waals surface area contributed by atoms with E-state index in [0.29, 0.717) is 28.6 Å². The molecule has 66 heavy (non-hydrogen) atoms. The number of nitrogens with zero attached hydrogens (tertiary/aromatic N) is 6. The average Bonchev–Trinajstić information content (AvgIpc) is 3.89. The molecule has 3 aromatic heterocycles. The van der Waals surface area contributed by atoms with Crippen LogP contribution in [-0.4, -0.2) is 24.1 Å². The molecule has 0 saturated heterocycles. The summed E-state index contributed by atoms with van der Waals surface area (Å²) in [6.45, 7) is 4.23. The number of fused-ring (bicyclic) bond motifs is 6. The van der Waals surface area contributed by atoms with Crippen LogP contribution in [0.4, 0.5) is 0 Å². The molecule has 0 saturated carbocycles. The van der Waals surface area contributed by atoms with Crippen molar-refractivity contribution in [2.24, 2.45) is 0 Å². The second-order valence-corrected chi connectivity index (χ2v) is 16.9. The van der Waals surface area contributed by atoms with E-state index in [-0.39, 0.29) is 0 Å². The Bertz CT molecular complexity index is 3820. The second kappa shape index (κ2) is 15.7. The van der Waals surface area contributed by atoms with E-state index in [0.717, 1.165) is 88.4 Å². The van der Waals surface area contributed by atoms with Gasteiger partial charge in [-0.2, -0.15) is 5.26 Å². The smallest absolute Gasteiger partial charge is 0.165 e. The number of benzene rings is 9. The zero-order valence-electron chi connectivity index (χ0n) is 36.3. The van der Waals surface area contributed by atoms with Crippen LogP contribution in [0.3, 0.4) is 0 Å². The van der Waals surface area contributed by atoms with E-state index in [1.54, 1.807) is 0 Å². The molecule has 9 aromatic carbocycles. The van der Waals surface area contributed by atoms with Crippen molar-refractivity contribution in [2.75, 3.05) is 0 Å². The lowest BCUT2D eigenvalue weighted by molar-refractivity contribution is 1.06. The monoisotopic (exact) mass is 844 g/mol. The molecular formula is C60H40N6. The molecule has 3 heterocycles. The third-order valence-corrected chi connectivity index (χ3v) is 12.8. The molecule has 0 N–H and O–H groups in total. The Morgan fingerprint density at radius 3 is 1.21 bits per heavy atom. The molecule has 0 atom stereocenters. The quantitative estimate of drug-likeness (QED) is 0.160. The van der Waals surface area contributed by atoms with Gasteiger partial charge in [-0.15, -0.1) is 0 Å². The second-order valence-electron chi connectivity index (χ2n) is 16.9. The number of aromatic nitrogens is 5. The summed E-state index contributed by atoms with van der Waals surface area (Å²) in [4.78, 5) is 15.3. The maximum Gasteiger partial charge on any atom is 0.165 e. The van der Waals surface area contributed by atoms with Gasteiger partial charge in [0.25, 0.3) is 0 Å². The molecule has 6 heteroatoms. The minimum absolute atomic E-state index is 0.416. The van der Waals surface area contributed by atoms with Crippen molar-refractivity contribution in [1.82, 2.24) is 24.1 Å². The van der Waals surface area contributed by atoms with Crippen molar-refractivity contribution >= 4 is 43.6 Å². The Kier molecular flexibility index (Phi) is 9.22. The molecule has 0 fully saturated rings. The highest BCUT2D eigenvalue weighted by Crippen LogP contribution is 2.42. The zero-order chi connectivity index (χ0) is 44.3. The molecule has 0 aliphatic heterocycles. The average molecular weight is 845 g/mol. The summed E-state index contributed by atoms with van der Waals surface area (Å²) in [5, 5.41) is 15.8. The van der Waals surface area contributed by atoms with E-state index in [2.05, 4.69) is 169 Å². The first-order chi connectivity index (χ1) is 32.5. The van der Waals surface area contributed by atoms with Crippen LogP contribution in [0.1, 0.15) is 16.7 Å². The molecule has 0 bridgehead atoms. The maximum atomic E-state index is 11.3. The van der Waals surface area contributed by atoms with E-state index in [4.69, 9.17) is 15.0 Å². The maximum absolute atomic E-state index is 11.3. The highest BCUT2D eigenvalue weighted by atomic mass is 15.1. The van der Waals surface area contributed by atoms with Gasteiger partial charge in [0.15, 0.2) is 17.5 Å². The molecular weight excluding hydrogens is 805 g/mol. The van der Waals surface area contributed by atoms with Crippen LogP contribution in [0.15, 0.2) is 206 Å². The van der Waals surface area contributed by atoms with Gasteiger partial charge >= 0.3 is 0 Å². The summed E-state index contributed by atoms with van der Waals surface area (Å²) in [5.41, 5.74) is 15.7. The number of nitriles is 1. The predicted molar refractivity (Wildman–Crippen MR) is 270 cm³/mol. The minimum Gasteiger partial charge on any atom is -0.307 e. The zero-order valence-corrected chi connectivity index (χ0v) is 36.3. The molecule has 0 aliphatic carbocycles. The van der Waals surface area contributed by atoms with Crippen LogP contribution in [0.2, 0.25) is 0 Å². The Hall–Kier alpha value is -8.92. The predicted octanol–water partition coefficient (Wildman–Crippen LogP) is 14.9. The van der Waals surface area contributed by atoms with Crippen molar-refractivity contribution in [1.29, 1.82) is 5.26 Å². The van der Waals surface area contributed by atoms with Crippen molar-refractivity contribution in [3.63, 3.8) is 0 Å². The van der Waals surface area contributed by atoms with Gasteiger partial charge < -0.3 is 9.13 Å². The molecule has 0 amide bonds. The summed E-state index contributed by atoms with van der Waals surface area (Å²) >= 11 is 0. The van der Waals surface area contributed by atoms with Gasteiger partial charge in [0, 0.05) is 38.2 Å². The summed E-state index contributed by atoms with van der Waals surface area (Å²) in [6, 6.07) is 74.7. The highest BCUT2D eigenvalue weighted by molar-refractivity contribution is 6.13. The first-order valence-electron chi connectivity index (χ1n) is 22.2. The lowest BCUT2D eigenvalue weighted by Crippen LogP contribution is -2.07. The van der Waals surface area contributed by atoms with E-state index in [1.807, 2.05) is 66.7 Å². The van der Waals surface area contributed by atoms with Crippen LogP contribution >= 0.6 is 0 Å². The molecule has 0 unspecified atom stereocenters. The third-order valence-electron chi connectivity index (χ3n) is 12.8. The van der Waals surface area contributed by atoms with Gasteiger partial charge in [-0.1, -0.05) is 169 Å². The standard InChI is InChI=1S/C60H40N6/c1-38-21-25-40(26-22-38)44-29-31-54-50(33-44)47-17-9-11-19-52(47)65(54)56-35-46(37-61)49(60-63-58(42-13-5-3-6-14-42)62-59(64-60)43-15-7-4-8-16-43)36-57(56)66-53-20-12-10-18-48(53)51-34-45(30-32-55(51)66)41-27-23-39(2)24-28-41/h3-36H,1-2H3. The van der Waals surface area contributed by atoms with Crippen molar-refractivity contribution < 1.29 is 0 Å². The molecule has 0 spiro atoms. The number of aryl methyl sites for hydroxylation is 2. The number of para-hydroxylation sites is 2. The molecule has 12 rings (SSSR count). The lowest BCUT2D eigenvalue weighted by atomic mass is 10.0. The van der Waals surface area contributed by atoms with Gasteiger partial charge in [-0.05, 0) is 84.6 Å². The summed E-state index contributed by atoms with van der Waals surface area (Å²) < 4.78 is 4.67. The number of rotatable bonds is 7. The molecule has 0 aliphatic rings. The number of hydrogen-bond acceptors (Lipinski definition) is 4. The van der Waals surface area contributed by atoms with Gasteiger partial charge in [-0.3, -0.25) is 0 Å². The minimum atomic E-state index is 0.416. The molecule has 0 radical (unpaired) electrons. The summed E-state index contributed by atoms with van der Waals surface area (Å²) in [5.74, 6) is 1.47. The topological polar surface area (TPSA) is 72.3 Å². The van der Waals surface area contributed by atoms with Crippen molar-refractivity contribution in [3.8, 4) is 73.9 Å².